The van der Waals surface area contributed by atoms with Crippen molar-refractivity contribution in [3.63, 3.8) is 0 Å². The number of rotatable bonds is 10. The average Bonchev–Trinajstić information content (AvgIpc) is 3.60. The van der Waals surface area contributed by atoms with Crippen LogP contribution in [0.15, 0.2) is 54.4 Å². The van der Waals surface area contributed by atoms with Gasteiger partial charge in [0.25, 0.3) is 5.91 Å². The SMILES string of the molecule is O=C(NCc1cc(C(F)(F)F)ccn1)c1cn(CCCCc2cc3c(nn2)CC(C2CC2)=C3c2ccc(F)cc2F)nn1. The van der Waals surface area contributed by atoms with Crippen LogP contribution < -0.4 is 5.32 Å². The zero-order valence-electron chi connectivity index (χ0n) is 22.8. The van der Waals surface area contributed by atoms with Gasteiger partial charge < -0.3 is 5.32 Å². The van der Waals surface area contributed by atoms with Crippen LogP contribution in [-0.2, 0) is 32.1 Å². The number of carbonyl (C=O) groups is 1. The molecule has 0 bridgehead atoms. The van der Waals surface area contributed by atoms with Crippen molar-refractivity contribution in [2.45, 2.75) is 57.8 Å². The van der Waals surface area contributed by atoms with Crippen molar-refractivity contribution in [3.8, 4) is 0 Å². The molecule has 1 fully saturated rings. The molecule has 222 valence electrons. The number of carbonyl (C=O) groups excluding carboxylic acids is 1. The Labute approximate surface area is 243 Å². The molecule has 0 saturated heterocycles. The van der Waals surface area contributed by atoms with Crippen molar-refractivity contribution in [1.82, 2.24) is 35.5 Å². The second kappa shape index (κ2) is 11.6. The Morgan fingerprint density at radius 2 is 1.81 bits per heavy atom. The molecule has 1 aromatic carbocycles. The third-order valence-electron chi connectivity index (χ3n) is 7.56. The molecule has 3 heterocycles. The molecule has 2 aliphatic carbocycles. The number of aromatic nitrogens is 6. The maximum Gasteiger partial charge on any atom is 0.416 e. The maximum atomic E-state index is 14.8. The Kier molecular flexibility index (Phi) is 7.72. The minimum Gasteiger partial charge on any atom is -0.345 e. The number of benzene rings is 1. The van der Waals surface area contributed by atoms with Gasteiger partial charge in [0.2, 0.25) is 0 Å². The van der Waals surface area contributed by atoms with E-state index >= 15 is 0 Å². The number of amides is 1. The van der Waals surface area contributed by atoms with E-state index in [-0.39, 0.29) is 17.9 Å². The molecule has 8 nitrogen and oxygen atoms in total. The van der Waals surface area contributed by atoms with E-state index in [0.717, 1.165) is 71.8 Å². The number of alkyl halides is 3. The lowest BCUT2D eigenvalue weighted by molar-refractivity contribution is -0.137. The Balaban J connectivity index is 1.04. The molecule has 6 rings (SSSR count). The van der Waals surface area contributed by atoms with Gasteiger partial charge in [0, 0.05) is 36.4 Å². The number of nitrogens with zero attached hydrogens (tertiary/aromatic N) is 6. The Morgan fingerprint density at radius 3 is 2.58 bits per heavy atom. The zero-order chi connectivity index (χ0) is 30.1. The van der Waals surface area contributed by atoms with Gasteiger partial charge in [0.1, 0.15) is 11.6 Å². The molecule has 0 spiro atoms. The molecule has 0 aliphatic heterocycles. The summed E-state index contributed by atoms with van der Waals surface area (Å²) in [5.74, 6) is -1.39. The smallest absolute Gasteiger partial charge is 0.345 e. The summed E-state index contributed by atoms with van der Waals surface area (Å²) in [6.45, 7) is 0.288. The van der Waals surface area contributed by atoms with E-state index in [9.17, 15) is 26.7 Å². The van der Waals surface area contributed by atoms with Gasteiger partial charge in [-0.3, -0.25) is 14.5 Å². The zero-order valence-corrected chi connectivity index (χ0v) is 22.8. The molecule has 43 heavy (non-hydrogen) atoms. The molecule has 2 aliphatic rings. The van der Waals surface area contributed by atoms with Crippen LogP contribution in [0.1, 0.15) is 69.9 Å². The molecule has 1 amide bonds. The van der Waals surface area contributed by atoms with Crippen molar-refractivity contribution in [2.75, 3.05) is 0 Å². The molecule has 1 saturated carbocycles. The highest BCUT2D eigenvalue weighted by Gasteiger charge is 2.36. The molecule has 4 aromatic rings. The van der Waals surface area contributed by atoms with Crippen LogP contribution >= 0.6 is 0 Å². The van der Waals surface area contributed by atoms with Crippen LogP contribution in [0.4, 0.5) is 22.0 Å². The number of aryl methyl sites for hydroxylation is 2. The van der Waals surface area contributed by atoms with Gasteiger partial charge in [-0.05, 0) is 73.9 Å². The quantitative estimate of drug-likeness (QED) is 0.193. The van der Waals surface area contributed by atoms with E-state index in [1.165, 1.54) is 23.0 Å². The lowest BCUT2D eigenvalue weighted by Gasteiger charge is -2.11. The van der Waals surface area contributed by atoms with E-state index < -0.39 is 29.3 Å². The van der Waals surface area contributed by atoms with Crippen molar-refractivity contribution in [1.29, 1.82) is 0 Å². The Morgan fingerprint density at radius 1 is 0.977 bits per heavy atom. The number of nitrogens with one attached hydrogen (secondary N) is 1. The van der Waals surface area contributed by atoms with Gasteiger partial charge in [-0.15, -0.1) is 5.10 Å². The predicted octanol–water partition coefficient (Wildman–Crippen LogP) is 5.48. The van der Waals surface area contributed by atoms with Crippen LogP contribution in [0, 0.1) is 17.6 Å². The van der Waals surface area contributed by atoms with Crippen LogP contribution in [0.2, 0.25) is 0 Å². The lowest BCUT2D eigenvalue weighted by Crippen LogP contribution is -2.24. The van der Waals surface area contributed by atoms with Gasteiger partial charge >= 0.3 is 6.18 Å². The van der Waals surface area contributed by atoms with Gasteiger partial charge in [-0.1, -0.05) is 10.8 Å². The second-order valence-electron chi connectivity index (χ2n) is 10.7. The molecule has 0 radical (unpaired) electrons. The first kappa shape index (κ1) is 28.6. The van der Waals surface area contributed by atoms with Gasteiger partial charge in [-0.2, -0.15) is 23.4 Å². The highest BCUT2D eigenvalue weighted by molar-refractivity contribution is 5.91. The van der Waals surface area contributed by atoms with E-state index in [1.807, 2.05) is 6.07 Å². The highest BCUT2D eigenvalue weighted by atomic mass is 19.4. The molecule has 0 unspecified atom stereocenters. The number of halogens is 5. The number of hydrogen-bond donors (Lipinski definition) is 1. The summed E-state index contributed by atoms with van der Waals surface area (Å²) in [7, 11) is 0. The van der Waals surface area contributed by atoms with E-state index in [0.29, 0.717) is 37.3 Å². The van der Waals surface area contributed by atoms with Crippen LogP contribution in [0.25, 0.3) is 5.57 Å². The normalized spacial score (nSPS) is 14.7. The largest absolute Gasteiger partial charge is 0.416 e. The molecular weight excluding hydrogens is 569 g/mol. The number of pyridine rings is 1. The van der Waals surface area contributed by atoms with Crippen molar-refractivity contribution >= 4 is 11.5 Å². The van der Waals surface area contributed by atoms with Crippen LogP contribution in [0.3, 0.4) is 0 Å². The minimum atomic E-state index is -4.50. The van der Waals surface area contributed by atoms with E-state index in [1.54, 1.807) is 0 Å². The molecule has 1 N–H and O–H groups in total. The van der Waals surface area contributed by atoms with Gasteiger partial charge in [-0.25, -0.2) is 8.78 Å². The Hall–Kier alpha value is -4.55. The second-order valence-corrected chi connectivity index (χ2v) is 10.7. The fraction of sp³-hybridized carbons (Fsp3) is 0.333. The molecule has 0 atom stereocenters. The Bertz CT molecular complexity index is 1710. The summed E-state index contributed by atoms with van der Waals surface area (Å²) in [4.78, 5) is 16.3. The first-order valence-electron chi connectivity index (χ1n) is 13.9. The monoisotopic (exact) mass is 595 g/mol. The number of allylic oxidation sites excluding steroid dienone is 1. The minimum absolute atomic E-state index is 0.0373. The molecular formula is C30H26F5N7O. The summed E-state index contributed by atoms with van der Waals surface area (Å²) >= 11 is 0. The van der Waals surface area contributed by atoms with E-state index in [2.05, 4.69) is 30.8 Å². The number of unbranched alkanes of at least 4 members (excludes halogenated alkanes) is 1. The van der Waals surface area contributed by atoms with Crippen molar-refractivity contribution in [2.24, 2.45) is 5.92 Å². The number of hydrogen-bond acceptors (Lipinski definition) is 6. The molecule has 13 heteroatoms. The van der Waals surface area contributed by atoms with Crippen LogP contribution in [0.5, 0.6) is 0 Å². The van der Waals surface area contributed by atoms with Gasteiger partial charge in [0.05, 0.1) is 35.4 Å². The van der Waals surface area contributed by atoms with Crippen LogP contribution in [-0.4, -0.2) is 36.1 Å². The first-order valence-corrected chi connectivity index (χ1v) is 13.9. The predicted molar refractivity (Wildman–Crippen MR) is 144 cm³/mol. The summed E-state index contributed by atoms with van der Waals surface area (Å²) in [5.41, 5.74) is 4.02. The summed E-state index contributed by atoms with van der Waals surface area (Å²) in [5, 5.41) is 19.1. The standard InChI is InChI=1S/C30H26F5N7O/c31-19-6-7-22(25(32)12-19)28-23(17-4-5-17)14-26-24(28)13-20(38-39-26)3-1-2-10-42-16-27(40-41-42)29(43)37-15-21-11-18(8-9-36-21)30(33,34)35/h6-9,11-13,16-17H,1-5,10,14-15H2,(H,37,43). The summed E-state index contributed by atoms with van der Waals surface area (Å²) in [6.07, 6.45) is 2.78. The third kappa shape index (κ3) is 6.45. The maximum absolute atomic E-state index is 14.8. The topological polar surface area (TPSA) is 98.5 Å². The van der Waals surface area contributed by atoms with Crippen molar-refractivity contribution < 1.29 is 26.7 Å². The van der Waals surface area contributed by atoms with Crippen molar-refractivity contribution in [3.05, 3.63) is 105 Å². The van der Waals surface area contributed by atoms with Gasteiger partial charge in [0.15, 0.2) is 5.69 Å². The summed E-state index contributed by atoms with van der Waals surface area (Å²) in [6, 6.07) is 7.37. The highest BCUT2D eigenvalue weighted by Crippen LogP contribution is 2.48. The lowest BCUT2D eigenvalue weighted by atomic mass is 9.95. The number of fused-ring (bicyclic) bond motifs is 1. The summed E-state index contributed by atoms with van der Waals surface area (Å²) < 4.78 is 68.6. The first-order chi connectivity index (χ1) is 20.7. The van der Waals surface area contributed by atoms with E-state index in [4.69, 9.17) is 0 Å². The fourth-order valence-corrected chi connectivity index (χ4v) is 5.26. The third-order valence-corrected chi connectivity index (χ3v) is 7.56. The molecule has 3 aromatic heterocycles. The fourth-order valence-electron chi connectivity index (χ4n) is 5.26. The average molecular weight is 596 g/mol.